The number of hydrogen-bond acceptors (Lipinski definition) is 3. The Bertz CT molecular complexity index is 681. The zero-order valence-corrected chi connectivity index (χ0v) is 14.5. The third-order valence-electron chi connectivity index (χ3n) is 4.98. The molecule has 1 aromatic rings. The highest BCUT2D eigenvalue weighted by Crippen LogP contribution is 2.43. The van der Waals surface area contributed by atoms with Crippen molar-refractivity contribution in [1.82, 2.24) is 4.90 Å². The van der Waals surface area contributed by atoms with Gasteiger partial charge >= 0.3 is 6.09 Å². The number of nitrogens with zero attached hydrogens (tertiary/aromatic N) is 2. The van der Waals surface area contributed by atoms with Crippen LogP contribution in [0.5, 0.6) is 0 Å². The van der Waals surface area contributed by atoms with Crippen LogP contribution in [0.2, 0.25) is 0 Å². The molecule has 3 N–H and O–H groups in total. The molecular formula is C18H25N3O3. The lowest BCUT2D eigenvalue weighted by Crippen LogP contribution is -2.44. The van der Waals surface area contributed by atoms with Gasteiger partial charge in [0.25, 0.3) is 0 Å². The van der Waals surface area contributed by atoms with Gasteiger partial charge in [-0.3, -0.25) is 4.79 Å². The first-order valence-electron chi connectivity index (χ1n) is 8.39. The van der Waals surface area contributed by atoms with Crippen LogP contribution in [0.4, 0.5) is 10.5 Å². The molecule has 2 aliphatic heterocycles. The Hall–Kier alpha value is -2.08. The number of fused-ring (bicyclic) bond motifs is 1. The molecule has 0 radical (unpaired) electrons. The van der Waals surface area contributed by atoms with Crippen molar-refractivity contribution in [3.8, 4) is 0 Å². The Labute approximate surface area is 142 Å². The third kappa shape index (κ3) is 2.75. The Kier molecular flexibility index (Phi) is 4.03. The SMILES string of the molecule is CC(C)(C)C1c2cc(N3CC[C@H](N)C3=O)ccc2CCN1C(=O)O. The maximum atomic E-state index is 12.2. The highest BCUT2D eigenvalue weighted by atomic mass is 16.4. The zero-order chi connectivity index (χ0) is 17.6. The minimum atomic E-state index is -0.898. The van der Waals surface area contributed by atoms with E-state index >= 15 is 0 Å². The van der Waals surface area contributed by atoms with E-state index in [9.17, 15) is 14.7 Å². The highest BCUT2D eigenvalue weighted by Gasteiger charge is 2.39. The summed E-state index contributed by atoms with van der Waals surface area (Å²) in [6.07, 6.45) is 0.451. The summed E-state index contributed by atoms with van der Waals surface area (Å²) in [4.78, 5) is 27.2. The first kappa shape index (κ1) is 16.8. The molecule has 130 valence electrons. The first-order valence-corrected chi connectivity index (χ1v) is 8.39. The fraction of sp³-hybridized carbons (Fsp3) is 0.556. The zero-order valence-electron chi connectivity index (χ0n) is 14.5. The van der Waals surface area contributed by atoms with Gasteiger partial charge in [-0.2, -0.15) is 0 Å². The van der Waals surface area contributed by atoms with Gasteiger partial charge in [-0.05, 0) is 41.5 Å². The lowest BCUT2D eigenvalue weighted by Gasteiger charge is -2.43. The molecule has 2 aliphatic rings. The molecular weight excluding hydrogens is 306 g/mol. The molecule has 24 heavy (non-hydrogen) atoms. The summed E-state index contributed by atoms with van der Waals surface area (Å²) in [5, 5.41) is 9.60. The van der Waals surface area contributed by atoms with Crippen molar-refractivity contribution in [3.63, 3.8) is 0 Å². The van der Waals surface area contributed by atoms with Crippen molar-refractivity contribution in [2.24, 2.45) is 11.1 Å². The van der Waals surface area contributed by atoms with Crippen LogP contribution >= 0.6 is 0 Å². The van der Waals surface area contributed by atoms with E-state index in [0.717, 1.165) is 16.8 Å². The average Bonchev–Trinajstić information content (AvgIpc) is 2.84. The van der Waals surface area contributed by atoms with E-state index in [4.69, 9.17) is 5.73 Å². The van der Waals surface area contributed by atoms with Crippen LogP contribution in [-0.2, 0) is 11.2 Å². The quantitative estimate of drug-likeness (QED) is 0.827. The molecule has 2 heterocycles. The van der Waals surface area contributed by atoms with E-state index in [1.165, 1.54) is 4.90 Å². The number of nitrogens with two attached hydrogens (primary N) is 1. The topological polar surface area (TPSA) is 86.9 Å². The monoisotopic (exact) mass is 331 g/mol. The van der Waals surface area contributed by atoms with Gasteiger partial charge in [-0.1, -0.05) is 26.8 Å². The van der Waals surface area contributed by atoms with Crippen LogP contribution in [0.15, 0.2) is 18.2 Å². The number of benzene rings is 1. The summed E-state index contributed by atoms with van der Waals surface area (Å²) >= 11 is 0. The van der Waals surface area contributed by atoms with E-state index in [-0.39, 0.29) is 17.4 Å². The summed E-state index contributed by atoms with van der Waals surface area (Å²) < 4.78 is 0. The number of carbonyl (C=O) groups excluding carboxylic acids is 1. The second-order valence-corrected chi connectivity index (χ2v) is 7.76. The molecule has 0 aromatic heterocycles. The van der Waals surface area contributed by atoms with E-state index in [1.54, 1.807) is 4.90 Å². The molecule has 0 saturated carbocycles. The second kappa shape index (κ2) is 5.77. The number of carbonyl (C=O) groups is 2. The third-order valence-corrected chi connectivity index (χ3v) is 4.98. The molecule has 1 unspecified atom stereocenters. The molecule has 0 bridgehead atoms. The minimum absolute atomic E-state index is 0.0619. The molecule has 0 aliphatic carbocycles. The molecule has 1 fully saturated rings. The van der Waals surface area contributed by atoms with Gasteiger partial charge < -0.3 is 20.6 Å². The summed E-state index contributed by atoms with van der Waals surface area (Å²) in [5.41, 5.74) is 8.56. The predicted molar refractivity (Wildman–Crippen MR) is 92.0 cm³/mol. The van der Waals surface area contributed by atoms with E-state index in [0.29, 0.717) is 25.9 Å². The number of carboxylic acid groups (broad SMARTS) is 1. The van der Waals surface area contributed by atoms with E-state index in [1.807, 2.05) is 39.0 Å². The van der Waals surface area contributed by atoms with Crippen molar-refractivity contribution >= 4 is 17.7 Å². The van der Waals surface area contributed by atoms with Crippen LogP contribution in [0, 0.1) is 5.41 Å². The minimum Gasteiger partial charge on any atom is -0.465 e. The Balaban J connectivity index is 2.05. The molecule has 0 spiro atoms. The summed E-state index contributed by atoms with van der Waals surface area (Å²) in [6, 6.07) is 5.29. The maximum Gasteiger partial charge on any atom is 0.407 e. The van der Waals surface area contributed by atoms with Gasteiger partial charge in [0.2, 0.25) is 5.91 Å². The van der Waals surface area contributed by atoms with Gasteiger partial charge in [0.1, 0.15) is 0 Å². The molecule has 6 nitrogen and oxygen atoms in total. The van der Waals surface area contributed by atoms with Crippen LogP contribution in [0.3, 0.4) is 0 Å². The average molecular weight is 331 g/mol. The van der Waals surface area contributed by atoms with E-state index in [2.05, 4.69) is 0 Å². The molecule has 6 heteroatoms. The summed E-state index contributed by atoms with van der Waals surface area (Å²) in [5.74, 6) is -0.0619. The Morgan fingerprint density at radius 3 is 2.54 bits per heavy atom. The fourth-order valence-corrected chi connectivity index (χ4v) is 3.87. The van der Waals surface area contributed by atoms with Crippen LogP contribution in [0.25, 0.3) is 0 Å². The maximum absolute atomic E-state index is 12.2. The lowest BCUT2D eigenvalue weighted by atomic mass is 9.77. The number of anilines is 1. The van der Waals surface area contributed by atoms with Crippen molar-refractivity contribution in [3.05, 3.63) is 29.3 Å². The van der Waals surface area contributed by atoms with Gasteiger partial charge in [0.05, 0.1) is 12.1 Å². The molecule has 3 rings (SSSR count). The normalized spacial score (nSPS) is 24.2. The predicted octanol–water partition coefficient (Wildman–Crippen LogP) is 2.37. The Morgan fingerprint density at radius 2 is 2.00 bits per heavy atom. The van der Waals surface area contributed by atoms with Crippen molar-refractivity contribution < 1.29 is 14.7 Å². The molecule has 1 saturated heterocycles. The van der Waals surface area contributed by atoms with Crippen LogP contribution in [-0.4, -0.2) is 41.1 Å². The number of amides is 2. The molecule has 2 amide bonds. The fourth-order valence-electron chi connectivity index (χ4n) is 3.87. The van der Waals surface area contributed by atoms with Gasteiger partial charge in [0, 0.05) is 18.8 Å². The number of hydrogen-bond donors (Lipinski definition) is 2. The van der Waals surface area contributed by atoms with E-state index < -0.39 is 12.1 Å². The van der Waals surface area contributed by atoms with Crippen LogP contribution < -0.4 is 10.6 Å². The number of rotatable bonds is 1. The second-order valence-electron chi connectivity index (χ2n) is 7.76. The smallest absolute Gasteiger partial charge is 0.407 e. The molecule has 1 aromatic carbocycles. The first-order chi connectivity index (χ1) is 11.2. The van der Waals surface area contributed by atoms with Crippen molar-refractivity contribution in [2.45, 2.75) is 45.7 Å². The standard InChI is InChI=1S/C18H25N3O3/c1-18(2,3)15-13-10-12(20-9-7-14(19)16(20)22)5-4-11(13)6-8-21(15)17(23)24/h4-5,10,14-15H,6-9,19H2,1-3H3,(H,23,24)/t14-,15?/m0/s1. The van der Waals surface area contributed by atoms with Gasteiger partial charge in [0.15, 0.2) is 0 Å². The summed E-state index contributed by atoms with van der Waals surface area (Å²) in [7, 11) is 0. The van der Waals surface area contributed by atoms with Crippen LogP contribution in [0.1, 0.15) is 44.4 Å². The van der Waals surface area contributed by atoms with Gasteiger partial charge in [-0.25, -0.2) is 4.79 Å². The molecule has 2 atom stereocenters. The largest absolute Gasteiger partial charge is 0.465 e. The summed E-state index contributed by atoms with van der Waals surface area (Å²) in [6.45, 7) is 7.25. The Morgan fingerprint density at radius 1 is 1.29 bits per heavy atom. The van der Waals surface area contributed by atoms with Crippen molar-refractivity contribution in [2.75, 3.05) is 18.0 Å². The van der Waals surface area contributed by atoms with Crippen molar-refractivity contribution in [1.29, 1.82) is 0 Å². The highest BCUT2D eigenvalue weighted by molar-refractivity contribution is 5.99. The van der Waals surface area contributed by atoms with Gasteiger partial charge in [-0.15, -0.1) is 0 Å². The lowest BCUT2D eigenvalue weighted by molar-refractivity contribution is -0.118.